The molecule has 38 heavy (non-hydrogen) atoms. The molecule has 2 nitrogen and oxygen atoms in total. The number of nitrogens with two attached hydrogens (primary N) is 1. The Morgan fingerprint density at radius 2 is 1.00 bits per heavy atom. The van der Waals surface area contributed by atoms with Crippen molar-refractivity contribution in [2.75, 3.05) is 11.1 Å². The Hall–Kier alpha value is -3.52. The molecule has 4 aromatic rings. The fourth-order valence-corrected chi connectivity index (χ4v) is 4.72. The van der Waals surface area contributed by atoms with Crippen LogP contribution < -0.4 is 11.1 Å². The zero-order chi connectivity index (χ0) is 27.9. The summed E-state index contributed by atoms with van der Waals surface area (Å²) in [6, 6.07) is 30.6. The highest BCUT2D eigenvalue weighted by molar-refractivity contribution is 5.94. The van der Waals surface area contributed by atoms with E-state index in [1.54, 1.807) is 0 Å². The summed E-state index contributed by atoms with van der Waals surface area (Å²) in [5, 5.41) is 3.76. The highest BCUT2D eigenvalue weighted by Gasteiger charge is 2.23. The van der Waals surface area contributed by atoms with Gasteiger partial charge in [-0.1, -0.05) is 135 Å². The van der Waals surface area contributed by atoms with Crippen molar-refractivity contribution in [3.63, 3.8) is 0 Å². The first-order valence-corrected chi connectivity index (χ1v) is 13.7. The summed E-state index contributed by atoms with van der Waals surface area (Å²) >= 11 is 0. The molecule has 0 radical (unpaired) electrons. The van der Waals surface area contributed by atoms with E-state index in [9.17, 15) is 0 Å². The van der Waals surface area contributed by atoms with Crippen LogP contribution in [0.15, 0.2) is 84.9 Å². The number of nitrogen functional groups attached to an aromatic ring is 1. The zero-order valence-corrected chi connectivity index (χ0v) is 24.7. The lowest BCUT2D eigenvalue weighted by Gasteiger charge is -2.27. The quantitative estimate of drug-likeness (QED) is 0.271. The summed E-state index contributed by atoms with van der Waals surface area (Å²) in [7, 11) is 0. The third-order valence-corrected chi connectivity index (χ3v) is 7.30. The Morgan fingerprint density at radius 3 is 1.55 bits per heavy atom. The van der Waals surface area contributed by atoms with Crippen LogP contribution in [0.3, 0.4) is 0 Å². The monoisotopic (exact) mass is 504 g/mol. The minimum absolute atomic E-state index is 0.0338. The fourth-order valence-electron chi connectivity index (χ4n) is 4.72. The van der Waals surface area contributed by atoms with Crippen LogP contribution >= 0.6 is 0 Å². The van der Waals surface area contributed by atoms with Crippen molar-refractivity contribution >= 4 is 17.1 Å². The van der Waals surface area contributed by atoms with E-state index in [4.69, 9.17) is 5.73 Å². The van der Waals surface area contributed by atoms with Gasteiger partial charge in [0.2, 0.25) is 0 Å². The maximum atomic E-state index is 6.43. The van der Waals surface area contributed by atoms with Gasteiger partial charge in [0.05, 0.1) is 17.1 Å². The van der Waals surface area contributed by atoms with Crippen molar-refractivity contribution in [2.24, 2.45) is 0 Å². The van der Waals surface area contributed by atoms with Crippen LogP contribution in [-0.4, -0.2) is 0 Å². The van der Waals surface area contributed by atoms with E-state index in [1.807, 2.05) is 24.3 Å². The summed E-state index contributed by atoms with van der Waals surface area (Å²) in [4.78, 5) is 0. The van der Waals surface area contributed by atoms with Crippen molar-refractivity contribution in [3.05, 3.63) is 102 Å². The molecule has 0 aliphatic carbocycles. The molecule has 4 rings (SSSR count). The van der Waals surface area contributed by atoms with E-state index in [2.05, 4.69) is 128 Å². The van der Waals surface area contributed by atoms with Gasteiger partial charge in [-0.3, -0.25) is 0 Å². The highest BCUT2D eigenvalue weighted by Crippen LogP contribution is 2.43. The molecular formula is C36H44N2. The molecule has 0 heterocycles. The Morgan fingerprint density at radius 1 is 0.500 bits per heavy atom. The topological polar surface area (TPSA) is 38.0 Å². The van der Waals surface area contributed by atoms with Gasteiger partial charge in [0.15, 0.2) is 0 Å². The lowest BCUT2D eigenvalue weighted by Crippen LogP contribution is -2.16. The van der Waals surface area contributed by atoms with Crippen molar-refractivity contribution in [2.45, 2.75) is 78.6 Å². The predicted octanol–water partition coefficient (Wildman–Crippen LogP) is 10.2. The fraction of sp³-hybridized carbons (Fsp3) is 0.333. The van der Waals surface area contributed by atoms with Crippen LogP contribution in [0.25, 0.3) is 22.3 Å². The number of hydrogen-bond donors (Lipinski definition) is 2. The molecule has 0 aliphatic rings. The van der Waals surface area contributed by atoms with Crippen LogP contribution in [0.4, 0.5) is 17.1 Å². The first kappa shape index (κ1) is 27.5. The summed E-state index contributed by atoms with van der Waals surface area (Å²) in [6.45, 7) is 20.5. The van der Waals surface area contributed by atoms with Crippen LogP contribution in [0.2, 0.25) is 0 Å². The van der Waals surface area contributed by atoms with Gasteiger partial charge in [0.25, 0.3) is 0 Å². The first-order chi connectivity index (χ1) is 17.6. The van der Waals surface area contributed by atoms with Gasteiger partial charge in [-0.2, -0.15) is 0 Å². The number of hydrogen-bond acceptors (Lipinski definition) is 2. The highest BCUT2D eigenvalue weighted by atomic mass is 14.9. The molecule has 2 heteroatoms. The molecule has 0 fully saturated rings. The largest absolute Gasteiger partial charge is 0.397 e. The van der Waals surface area contributed by atoms with E-state index in [-0.39, 0.29) is 16.2 Å². The van der Waals surface area contributed by atoms with Gasteiger partial charge >= 0.3 is 0 Å². The smallest absolute Gasteiger partial charge is 0.0618 e. The normalized spacial score (nSPS) is 12.4. The Kier molecular flexibility index (Phi) is 7.23. The second-order valence-corrected chi connectivity index (χ2v) is 13.6. The standard InChI is InChI=1S/C36H44N2/c1-34(2,3)26-15-12-14-24(20-26)29-16-13-17-30(33(29)38-32-19-11-10-18-31(32)37)25-21-27(35(4,5)6)23-28(22-25)36(7,8)9/h10-23,38H,37H2,1-9H3. The molecule has 0 unspecified atom stereocenters. The van der Waals surface area contributed by atoms with Crippen LogP contribution in [0.5, 0.6) is 0 Å². The Balaban J connectivity index is 2.02. The van der Waals surface area contributed by atoms with Gasteiger partial charge in [-0.15, -0.1) is 0 Å². The first-order valence-electron chi connectivity index (χ1n) is 13.7. The average molecular weight is 505 g/mol. The molecule has 0 saturated heterocycles. The van der Waals surface area contributed by atoms with Crippen molar-refractivity contribution in [1.82, 2.24) is 0 Å². The average Bonchev–Trinajstić information content (AvgIpc) is 2.84. The van der Waals surface area contributed by atoms with E-state index in [0.29, 0.717) is 0 Å². The van der Waals surface area contributed by atoms with Gasteiger partial charge in [-0.05, 0) is 56.2 Å². The lowest BCUT2D eigenvalue weighted by atomic mass is 9.78. The molecule has 0 bridgehead atoms. The molecule has 0 aromatic heterocycles. The number of nitrogens with one attached hydrogen (secondary N) is 1. The van der Waals surface area contributed by atoms with E-state index in [0.717, 1.165) is 22.6 Å². The minimum Gasteiger partial charge on any atom is -0.397 e. The van der Waals surface area contributed by atoms with Gasteiger partial charge in [-0.25, -0.2) is 0 Å². The third kappa shape index (κ3) is 5.96. The maximum Gasteiger partial charge on any atom is 0.0618 e. The Labute approximate surface area is 230 Å². The molecule has 0 atom stereocenters. The number of rotatable bonds is 4. The number of anilines is 3. The Bertz CT molecular complexity index is 1410. The van der Waals surface area contributed by atoms with Gasteiger partial charge in [0, 0.05) is 11.1 Å². The molecule has 0 aliphatic heterocycles. The SMILES string of the molecule is CC(C)(C)c1cccc(-c2cccc(-c3cc(C(C)(C)C)cc(C(C)(C)C)c3)c2Nc2ccccc2N)c1. The third-order valence-electron chi connectivity index (χ3n) is 7.30. The molecule has 198 valence electrons. The van der Waals surface area contributed by atoms with Crippen LogP contribution in [-0.2, 0) is 16.2 Å². The second-order valence-electron chi connectivity index (χ2n) is 13.6. The molecule has 0 spiro atoms. The molecular weight excluding hydrogens is 460 g/mol. The van der Waals surface area contributed by atoms with Crippen molar-refractivity contribution in [1.29, 1.82) is 0 Å². The molecule has 4 aromatic carbocycles. The van der Waals surface area contributed by atoms with Gasteiger partial charge < -0.3 is 11.1 Å². The summed E-state index contributed by atoms with van der Waals surface area (Å²) < 4.78 is 0. The van der Waals surface area contributed by atoms with Crippen molar-refractivity contribution < 1.29 is 0 Å². The molecule has 0 amide bonds. The zero-order valence-electron chi connectivity index (χ0n) is 24.7. The van der Waals surface area contributed by atoms with E-state index < -0.39 is 0 Å². The van der Waals surface area contributed by atoms with Gasteiger partial charge in [0.1, 0.15) is 0 Å². The molecule has 0 saturated carbocycles. The van der Waals surface area contributed by atoms with Crippen molar-refractivity contribution in [3.8, 4) is 22.3 Å². The predicted molar refractivity (Wildman–Crippen MR) is 168 cm³/mol. The minimum atomic E-state index is 0.0338. The van der Waals surface area contributed by atoms with E-state index >= 15 is 0 Å². The number of benzene rings is 4. The summed E-state index contributed by atoms with van der Waals surface area (Å²) in [6.07, 6.45) is 0. The number of para-hydroxylation sites is 3. The van der Waals surface area contributed by atoms with Crippen LogP contribution in [0.1, 0.15) is 79.0 Å². The summed E-state index contributed by atoms with van der Waals surface area (Å²) in [5.74, 6) is 0. The lowest BCUT2D eigenvalue weighted by molar-refractivity contribution is 0.569. The summed E-state index contributed by atoms with van der Waals surface area (Å²) in [5.41, 5.74) is 18.0. The van der Waals surface area contributed by atoms with E-state index in [1.165, 1.54) is 33.4 Å². The second kappa shape index (κ2) is 9.98. The van der Waals surface area contributed by atoms with Crippen LogP contribution in [0, 0.1) is 0 Å². The maximum absolute atomic E-state index is 6.43. The molecule has 3 N–H and O–H groups in total.